The first-order chi connectivity index (χ1) is 12.8. The zero-order valence-electron chi connectivity index (χ0n) is 15.2. The second kappa shape index (κ2) is 6.09. The molecule has 3 aliphatic heterocycles. The van der Waals surface area contributed by atoms with Gasteiger partial charge in [0.2, 0.25) is 6.79 Å². The minimum atomic E-state index is 0.326. The number of fused-ring (bicyclic) bond motifs is 5. The Kier molecular flexibility index (Phi) is 3.71. The lowest BCUT2D eigenvalue weighted by molar-refractivity contribution is 0.160. The van der Waals surface area contributed by atoms with Gasteiger partial charge >= 0.3 is 0 Å². The van der Waals surface area contributed by atoms with E-state index in [1.54, 1.807) is 7.11 Å². The van der Waals surface area contributed by atoms with Crippen LogP contribution in [0.3, 0.4) is 0 Å². The molecule has 0 saturated carbocycles. The summed E-state index contributed by atoms with van der Waals surface area (Å²) >= 11 is 0. The molecular weight excluding hydrogens is 330 g/mol. The summed E-state index contributed by atoms with van der Waals surface area (Å²) in [6.45, 7) is 4.97. The van der Waals surface area contributed by atoms with Crippen molar-refractivity contribution >= 4 is 0 Å². The van der Waals surface area contributed by atoms with Crippen LogP contribution in [-0.2, 0) is 19.4 Å². The zero-order chi connectivity index (χ0) is 17.7. The molecule has 5 heteroatoms. The fourth-order valence-electron chi connectivity index (χ4n) is 4.41. The van der Waals surface area contributed by atoms with Crippen molar-refractivity contribution in [2.45, 2.75) is 32.4 Å². The third kappa shape index (κ3) is 2.42. The monoisotopic (exact) mass is 353 g/mol. The molecule has 1 atom stereocenters. The van der Waals surface area contributed by atoms with Crippen LogP contribution in [0.1, 0.15) is 35.2 Å². The Bertz CT molecular complexity index is 864. The van der Waals surface area contributed by atoms with Crippen molar-refractivity contribution in [2.75, 3.05) is 27.1 Å². The minimum Gasteiger partial charge on any atom is -0.493 e. The number of hydrogen-bond donors (Lipinski definition) is 0. The molecule has 0 radical (unpaired) electrons. The van der Waals surface area contributed by atoms with Crippen LogP contribution in [0, 0.1) is 0 Å². The van der Waals surface area contributed by atoms with Crippen molar-refractivity contribution in [3.05, 3.63) is 46.5 Å². The molecule has 5 rings (SSSR count). The first-order valence-corrected chi connectivity index (χ1v) is 9.26. The molecule has 3 aliphatic rings. The summed E-state index contributed by atoms with van der Waals surface area (Å²) in [4.78, 5) is 2.56. The Morgan fingerprint density at radius 3 is 2.65 bits per heavy atom. The maximum absolute atomic E-state index is 5.78. The lowest BCUT2D eigenvalue weighted by Gasteiger charge is -2.41. The molecular formula is C21H23NO4. The van der Waals surface area contributed by atoms with Gasteiger partial charge in [0.1, 0.15) is 0 Å². The third-order valence-electron chi connectivity index (χ3n) is 5.67. The molecule has 0 spiro atoms. The Balaban J connectivity index is 1.54. The summed E-state index contributed by atoms with van der Waals surface area (Å²) in [6, 6.07) is 9.04. The highest BCUT2D eigenvalue weighted by Crippen LogP contribution is 2.45. The van der Waals surface area contributed by atoms with Crippen LogP contribution in [0.2, 0.25) is 0 Å². The number of rotatable bonds is 3. The van der Waals surface area contributed by atoms with E-state index in [4.69, 9.17) is 18.9 Å². The molecule has 136 valence electrons. The van der Waals surface area contributed by atoms with E-state index in [0.29, 0.717) is 19.4 Å². The maximum Gasteiger partial charge on any atom is 0.231 e. The van der Waals surface area contributed by atoms with E-state index in [0.717, 1.165) is 48.9 Å². The van der Waals surface area contributed by atoms with Crippen LogP contribution in [0.15, 0.2) is 24.3 Å². The molecule has 2 aromatic carbocycles. The highest BCUT2D eigenvalue weighted by atomic mass is 16.7. The lowest BCUT2D eigenvalue weighted by Crippen LogP contribution is -2.39. The topological polar surface area (TPSA) is 40.2 Å². The van der Waals surface area contributed by atoms with Gasteiger partial charge in [-0.15, -0.1) is 0 Å². The predicted octanol–water partition coefficient (Wildman–Crippen LogP) is 3.48. The summed E-state index contributed by atoms with van der Waals surface area (Å²) in [7, 11) is 1.70. The van der Waals surface area contributed by atoms with Gasteiger partial charge in [-0.05, 0) is 66.3 Å². The molecule has 3 heterocycles. The molecule has 26 heavy (non-hydrogen) atoms. The van der Waals surface area contributed by atoms with Gasteiger partial charge in [0.25, 0.3) is 0 Å². The number of methoxy groups -OCH3 is 1. The Morgan fingerprint density at radius 1 is 1.04 bits per heavy atom. The van der Waals surface area contributed by atoms with E-state index in [2.05, 4.69) is 29.2 Å². The average molecular weight is 353 g/mol. The second-order valence-electron chi connectivity index (χ2n) is 7.05. The number of benzene rings is 2. The SMILES string of the molecule is CCOc1cc2c(cc1OC)CN1CCc3cc4c(cc3C1C2)OCO4. The molecule has 0 bridgehead atoms. The number of hydrogen-bond acceptors (Lipinski definition) is 5. The summed E-state index contributed by atoms with van der Waals surface area (Å²) in [5, 5.41) is 0. The lowest BCUT2D eigenvalue weighted by atomic mass is 9.83. The van der Waals surface area contributed by atoms with Crippen LogP contribution in [-0.4, -0.2) is 32.0 Å². The van der Waals surface area contributed by atoms with E-state index in [1.165, 1.54) is 22.3 Å². The van der Waals surface area contributed by atoms with Gasteiger partial charge < -0.3 is 18.9 Å². The van der Waals surface area contributed by atoms with Crippen molar-refractivity contribution in [1.82, 2.24) is 4.90 Å². The Labute approximate surface area is 153 Å². The normalized spacial score (nSPS) is 20.2. The first-order valence-electron chi connectivity index (χ1n) is 9.26. The number of nitrogens with zero attached hydrogens (tertiary/aromatic N) is 1. The maximum atomic E-state index is 5.78. The van der Waals surface area contributed by atoms with Crippen molar-refractivity contribution in [1.29, 1.82) is 0 Å². The molecule has 5 nitrogen and oxygen atoms in total. The van der Waals surface area contributed by atoms with Crippen LogP contribution in [0.5, 0.6) is 23.0 Å². The summed E-state index contributed by atoms with van der Waals surface area (Å²) in [6.07, 6.45) is 2.03. The summed E-state index contributed by atoms with van der Waals surface area (Å²) < 4.78 is 22.5. The average Bonchev–Trinajstić information content (AvgIpc) is 3.12. The van der Waals surface area contributed by atoms with E-state index in [-0.39, 0.29) is 0 Å². The van der Waals surface area contributed by atoms with Gasteiger partial charge in [-0.25, -0.2) is 0 Å². The fourth-order valence-corrected chi connectivity index (χ4v) is 4.41. The molecule has 1 unspecified atom stereocenters. The molecule has 2 aromatic rings. The highest BCUT2D eigenvalue weighted by molar-refractivity contribution is 5.53. The van der Waals surface area contributed by atoms with Crippen molar-refractivity contribution in [2.24, 2.45) is 0 Å². The van der Waals surface area contributed by atoms with Crippen LogP contribution in [0.25, 0.3) is 0 Å². The van der Waals surface area contributed by atoms with Crippen molar-refractivity contribution < 1.29 is 18.9 Å². The van der Waals surface area contributed by atoms with Gasteiger partial charge in [0.05, 0.1) is 13.7 Å². The van der Waals surface area contributed by atoms with Crippen LogP contribution >= 0.6 is 0 Å². The Morgan fingerprint density at radius 2 is 1.85 bits per heavy atom. The quantitative estimate of drug-likeness (QED) is 0.845. The van der Waals surface area contributed by atoms with Gasteiger partial charge in [-0.1, -0.05) is 0 Å². The largest absolute Gasteiger partial charge is 0.493 e. The standard InChI is InChI=1S/C21H23NO4/c1-3-24-19-8-14-6-17-16-10-21-20(25-12-26-21)7-13(16)4-5-22(17)11-15(14)9-18(19)23-2/h7-10,17H,3-6,11-12H2,1-2H3. The summed E-state index contributed by atoms with van der Waals surface area (Å²) in [5.74, 6) is 3.42. The second-order valence-corrected chi connectivity index (χ2v) is 7.05. The van der Waals surface area contributed by atoms with E-state index in [1.807, 2.05) is 6.92 Å². The molecule has 0 aromatic heterocycles. The fraction of sp³-hybridized carbons (Fsp3) is 0.429. The zero-order valence-corrected chi connectivity index (χ0v) is 15.2. The molecule has 0 saturated heterocycles. The van der Waals surface area contributed by atoms with Crippen LogP contribution < -0.4 is 18.9 Å². The van der Waals surface area contributed by atoms with Gasteiger partial charge in [-0.3, -0.25) is 4.90 Å². The van der Waals surface area contributed by atoms with Gasteiger partial charge in [0, 0.05) is 19.1 Å². The van der Waals surface area contributed by atoms with Gasteiger partial charge in [-0.2, -0.15) is 0 Å². The molecule has 0 fully saturated rings. The first kappa shape index (κ1) is 15.8. The predicted molar refractivity (Wildman–Crippen MR) is 97.3 cm³/mol. The third-order valence-corrected chi connectivity index (χ3v) is 5.67. The summed E-state index contributed by atoms with van der Waals surface area (Å²) in [5.41, 5.74) is 5.45. The van der Waals surface area contributed by atoms with Crippen molar-refractivity contribution in [3.63, 3.8) is 0 Å². The van der Waals surface area contributed by atoms with Crippen LogP contribution in [0.4, 0.5) is 0 Å². The van der Waals surface area contributed by atoms with Gasteiger partial charge in [0.15, 0.2) is 23.0 Å². The molecule has 0 aliphatic carbocycles. The minimum absolute atomic E-state index is 0.326. The molecule has 0 N–H and O–H groups in total. The smallest absolute Gasteiger partial charge is 0.231 e. The number of ether oxygens (including phenoxy) is 4. The Hall–Kier alpha value is -2.40. The molecule has 0 amide bonds. The van der Waals surface area contributed by atoms with Crippen molar-refractivity contribution in [3.8, 4) is 23.0 Å². The highest BCUT2D eigenvalue weighted by Gasteiger charge is 2.34. The van der Waals surface area contributed by atoms with E-state index >= 15 is 0 Å². The van der Waals surface area contributed by atoms with E-state index < -0.39 is 0 Å². The van der Waals surface area contributed by atoms with E-state index in [9.17, 15) is 0 Å².